The number of halogens is 3. The number of piperazine rings is 1. The van der Waals surface area contributed by atoms with Gasteiger partial charge in [-0.1, -0.05) is 0 Å². The second-order valence-electron chi connectivity index (χ2n) is 5.40. The highest BCUT2D eigenvalue weighted by molar-refractivity contribution is 5.95. The molecular weight excluding hydrogens is 283 g/mol. The predicted octanol–water partition coefficient (Wildman–Crippen LogP) is 1.99. The van der Waals surface area contributed by atoms with E-state index in [1.807, 2.05) is 18.7 Å². The van der Waals surface area contributed by atoms with E-state index in [9.17, 15) is 18.0 Å². The number of hydrogen-bond acceptors (Lipinski definition) is 3. The lowest BCUT2D eigenvalue weighted by atomic mass is 10.0. The molecule has 0 aromatic heterocycles. The number of nitrogens with zero attached hydrogens (tertiary/aromatic N) is 1. The van der Waals surface area contributed by atoms with Gasteiger partial charge in [-0.3, -0.25) is 4.79 Å². The normalized spacial score (nSPS) is 23.2. The van der Waals surface area contributed by atoms with Gasteiger partial charge in [-0.05, 0) is 32.0 Å². The van der Waals surface area contributed by atoms with Crippen LogP contribution in [0.25, 0.3) is 0 Å². The van der Waals surface area contributed by atoms with Crippen LogP contribution in [-0.4, -0.2) is 31.1 Å². The minimum absolute atomic E-state index is 0.0710. The zero-order valence-electron chi connectivity index (χ0n) is 11.9. The molecule has 2 atom stereocenters. The third kappa shape index (κ3) is 3.29. The molecule has 0 radical (unpaired) electrons. The van der Waals surface area contributed by atoms with E-state index in [-0.39, 0.29) is 12.1 Å². The Kier molecular flexibility index (Phi) is 4.13. The summed E-state index contributed by atoms with van der Waals surface area (Å²) in [5.74, 6) is -1.07. The van der Waals surface area contributed by atoms with Crippen LogP contribution in [0.4, 0.5) is 18.9 Å². The van der Waals surface area contributed by atoms with Crippen molar-refractivity contribution in [1.82, 2.24) is 5.32 Å². The van der Waals surface area contributed by atoms with Gasteiger partial charge in [0, 0.05) is 30.9 Å². The number of benzene rings is 1. The highest BCUT2D eigenvalue weighted by Crippen LogP contribution is 2.35. The summed E-state index contributed by atoms with van der Waals surface area (Å²) in [6, 6.07) is 3.94. The molecule has 1 fully saturated rings. The SMILES string of the molecule is CC1CN(c2ccc(C(N)=O)c(C(F)(F)F)c2)C(C)CN1. The maximum atomic E-state index is 13.1. The van der Waals surface area contributed by atoms with Crippen molar-refractivity contribution in [1.29, 1.82) is 0 Å². The van der Waals surface area contributed by atoms with Crippen LogP contribution in [0.1, 0.15) is 29.8 Å². The van der Waals surface area contributed by atoms with Crippen LogP contribution in [0.5, 0.6) is 0 Å². The molecule has 0 bridgehead atoms. The number of carbonyl (C=O) groups excluding carboxylic acids is 1. The van der Waals surface area contributed by atoms with E-state index in [2.05, 4.69) is 5.32 Å². The van der Waals surface area contributed by atoms with Gasteiger partial charge in [0.2, 0.25) is 5.91 Å². The fourth-order valence-electron chi connectivity index (χ4n) is 2.54. The first kappa shape index (κ1) is 15.6. The molecule has 1 heterocycles. The molecular formula is C14H18F3N3O. The van der Waals surface area contributed by atoms with Crippen molar-refractivity contribution in [3.63, 3.8) is 0 Å². The predicted molar refractivity (Wildman–Crippen MR) is 74.2 cm³/mol. The van der Waals surface area contributed by atoms with E-state index < -0.39 is 23.2 Å². The highest BCUT2D eigenvalue weighted by Gasteiger charge is 2.36. The van der Waals surface area contributed by atoms with E-state index in [1.54, 1.807) is 0 Å². The van der Waals surface area contributed by atoms with Crippen LogP contribution in [0.2, 0.25) is 0 Å². The molecule has 1 aromatic carbocycles. The minimum atomic E-state index is -4.61. The van der Waals surface area contributed by atoms with Crippen molar-refractivity contribution in [2.45, 2.75) is 32.1 Å². The van der Waals surface area contributed by atoms with Crippen molar-refractivity contribution in [2.75, 3.05) is 18.0 Å². The Labute approximate surface area is 121 Å². The van der Waals surface area contributed by atoms with Gasteiger partial charge in [0.05, 0.1) is 11.1 Å². The summed E-state index contributed by atoms with van der Waals surface area (Å²) in [6.07, 6.45) is -4.61. The Morgan fingerprint density at radius 2 is 2.05 bits per heavy atom. The first-order valence-corrected chi connectivity index (χ1v) is 6.71. The van der Waals surface area contributed by atoms with E-state index in [4.69, 9.17) is 5.73 Å². The number of amides is 1. The fourth-order valence-corrected chi connectivity index (χ4v) is 2.54. The van der Waals surface area contributed by atoms with Crippen molar-refractivity contribution in [3.05, 3.63) is 29.3 Å². The van der Waals surface area contributed by atoms with Crippen molar-refractivity contribution in [3.8, 4) is 0 Å². The Morgan fingerprint density at radius 1 is 1.38 bits per heavy atom. The number of primary amides is 1. The molecule has 1 aliphatic rings. The average molecular weight is 301 g/mol. The van der Waals surface area contributed by atoms with Crippen molar-refractivity contribution < 1.29 is 18.0 Å². The van der Waals surface area contributed by atoms with Crippen LogP contribution in [0.3, 0.4) is 0 Å². The summed E-state index contributed by atoms with van der Waals surface area (Å²) >= 11 is 0. The number of alkyl halides is 3. The summed E-state index contributed by atoms with van der Waals surface area (Å²) in [5.41, 5.74) is 4.00. The third-order valence-electron chi connectivity index (χ3n) is 3.67. The van der Waals surface area contributed by atoms with E-state index in [0.717, 1.165) is 12.1 Å². The summed E-state index contributed by atoms with van der Waals surface area (Å²) in [5, 5.41) is 3.27. The van der Waals surface area contributed by atoms with E-state index in [1.165, 1.54) is 6.07 Å². The maximum absolute atomic E-state index is 13.1. The molecule has 116 valence electrons. The van der Waals surface area contributed by atoms with Gasteiger partial charge >= 0.3 is 6.18 Å². The first-order valence-electron chi connectivity index (χ1n) is 6.71. The molecule has 21 heavy (non-hydrogen) atoms. The summed E-state index contributed by atoms with van der Waals surface area (Å²) in [7, 11) is 0. The monoisotopic (exact) mass is 301 g/mol. The Bertz CT molecular complexity index is 545. The lowest BCUT2D eigenvalue weighted by Gasteiger charge is -2.39. The topological polar surface area (TPSA) is 58.4 Å². The van der Waals surface area contributed by atoms with Crippen molar-refractivity contribution >= 4 is 11.6 Å². The summed E-state index contributed by atoms with van der Waals surface area (Å²) in [6.45, 7) is 5.21. The zero-order valence-corrected chi connectivity index (χ0v) is 11.9. The lowest BCUT2D eigenvalue weighted by molar-refractivity contribution is -0.137. The molecule has 1 amide bonds. The zero-order chi connectivity index (χ0) is 15.8. The molecule has 1 saturated heterocycles. The van der Waals surface area contributed by atoms with Crippen LogP contribution < -0.4 is 16.0 Å². The fraction of sp³-hybridized carbons (Fsp3) is 0.500. The maximum Gasteiger partial charge on any atom is 0.417 e. The largest absolute Gasteiger partial charge is 0.417 e. The first-order chi connectivity index (χ1) is 9.70. The number of rotatable bonds is 2. The highest BCUT2D eigenvalue weighted by atomic mass is 19.4. The Balaban J connectivity index is 2.44. The van der Waals surface area contributed by atoms with Gasteiger partial charge in [-0.2, -0.15) is 13.2 Å². The standard InChI is InChI=1S/C14H18F3N3O/c1-8-7-20(9(2)6-19-8)10-3-4-11(13(18)21)12(5-10)14(15,16)17/h3-5,8-9,19H,6-7H2,1-2H3,(H2,18,21). The lowest BCUT2D eigenvalue weighted by Crippen LogP contribution is -2.54. The molecule has 2 unspecified atom stereocenters. The Morgan fingerprint density at radius 3 is 2.62 bits per heavy atom. The molecule has 0 aliphatic carbocycles. The van der Waals surface area contributed by atoms with Crippen LogP contribution >= 0.6 is 0 Å². The van der Waals surface area contributed by atoms with Gasteiger partial charge in [-0.25, -0.2) is 0 Å². The molecule has 3 N–H and O–H groups in total. The van der Waals surface area contributed by atoms with Crippen LogP contribution in [0, 0.1) is 0 Å². The molecule has 2 rings (SSSR count). The molecule has 1 aromatic rings. The molecule has 0 saturated carbocycles. The molecule has 0 spiro atoms. The second kappa shape index (κ2) is 5.55. The second-order valence-corrected chi connectivity index (χ2v) is 5.40. The molecule has 1 aliphatic heterocycles. The van der Waals surface area contributed by atoms with Gasteiger partial charge in [0.25, 0.3) is 0 Å². The quantitative estimate of drug-likeness (QED) is 0.878. The van der Waals surface area contributed by atoms with Gasteiger partial charge in [-0.15, -0.1) is 0 Å². The average Bonchev–Trinajstić information content (AvgIpc) is 2.40. The minimum Gasteiger partial charge on any atom is -0.366 e. The molecule has 4 nitrogen and oxygen atoms in total. The third-order valence-corrected chi connectivity index (χ3v) is 3.67. The van der Waals surface area contributed by atoms with Gasteiger partial charge in [0.1, 0.15) is 0 Å². The smallest absolute Gasteiger partial charge is 0.366 e. The van der Waals surface area contributed by atoms with Gasteiger partial charge in [0.15, 0.2) is 0 Å². The van der Waals surface area contributed by atoms with Gasteiger partial charge < -0.3 is 16.0 Å². The Hall–Kier alpha value is -1.76. The van der Waals surface area contributed by atoms with Crippen LogP contribution in [-0.2, 0) is 6.18 Å². The summed E-state index contributed by atoms with van der Waals surface area (Å²) < 4.78 is 39.3. The number of carbonyl (C=O) groups is 1. The van der Waals surface area contributed by atoms with Crippen LogP contribution in [0.15, 0.2) is 18.2 Å². The number of anilines is 1. The van der Waals surface area contributed by atoms with E-state index in [0.29, 0.717) is 18.8 Å². The molecule has 7 heteroatoms. The van der Waals surface area contributed by atoms with Crippen molar-refractivity contribution in [2.24, 2.45) is 5.73 Å². The van der Waals surface area contributed by atoms with E-state index >= 15 is 0 Å². The number of hydrogen-bond donors (Lipinski definition) is 2. The number of nitrogens with two attached hydrogens (primary N) is 1. The number of nitrogens with one attached hydrogen (secondary N) is 1. The summed E-state index contributed by atoms with van der Waals surface area (Å²) in [4.78, 5) is 13.1.